The van der Waals surface area contributed by atoms with E-state index >= 15 is 0 Å². The van der Waals surface area contributed by atoms with Crippen molar-refractivity contribution in [1.82, 2.24) is 0 Å². The van der Waals surface area contributed by atoms with Crippen molar-refractivity contribution in [3.8, 4) is 5.75 Å². The van der Waals surface area contributed by atoms with Gasteiger partial charge in [-0.2, -0.15) is 16.8 Å². The lowest BCUT2D eigenvalue weighted by Gasteiger charge is -2.29. The maximum atomic E-state index is 12.8. The highest BCUT2D eigenvalue weighted by molar-refractivity contribution is 7.86. The van der Waals surface area contributed by atoms with Gasteiger partial charge >= 0.3 is 11.9 Å². The third-order valence-electron chi connectivity index (χ3n) is 11.9. The second-order valence-electron chi connectivity index (χ2n) is 16.7. The predicted octanol–water partition coefficient (Wildman–Crippen LogP) is 9.84. The average Bonchev–Trinajstić information content (AvgIpc) is 3.38. The number of unbranched alkanes of at least 4 members (excludes halogenated alkanes) is 1. The van der Waals surface area contributed by atoms with E-state index in [-0.39, 0.29) is 35.0 Å². The highest BCUT2D eigenvalue weighted by atomic mass is 32.2. The Kier molecular flexibility index (Phi) is 13.7. The summed E-state index contributed by atoms with van der Waals surface area (Å²) in [6.45, 7) is 16.0. The molecule has 320 valence electrons. The number of rotatable bonds is 16. The van der Waals surface area contributed by atoms with E-state index in [1.54, 1.807) is 48.6 Å². The first-order valence-electron chi connectivity index (χ1n) is 19.9. The van der Waals surface area contributed by atoms with Crippen LogP contribution in [0, 0.1) is 12.8 Å². The van der Waals surface area contributed by atoms with E-state index in [1.165, 1.54) is 24.3 Å². The van der Waals surface area contributed by atoms with Crippen LogP contribution in [0.25, 0.3) is 0 Å². The molecule has 2 atom stereocenters. The Balaban J connectivity index is 1.66. The molecule has 0 aromatic heterocycles. The molecule has 0 saturated carbocycles. The van der Waals surface area contributed by atoms with Crippen LogP contribution in [-0.4, -0.2) is 48.1 Å². The summed E-state index contributed by atoms with van der Waals surface area (Å²) in [5.74, 6) is -1.92. The van der Waals surface area contributed by atoms with Crippen molar-refractivity contribution in [2.24, 2.45) is 5.92 Å². The number of carboxylic acid groups (broad SMARTS) is 2. The van der Waals surface area contributed by atoms with E-state index < -0.39 is 48.9 Å². The lowest BCUT2D eigenvalue weighted by atomic mass is 9.75. The van der Waals surface area contributed by atoms with Crippen LogP contribution in [0.3, 0.4) is 0 Å². The molecule has 0 amide bonds. The lowest BCUT2D eigenvalue weighted by molar-refractivity contribution is -0.141. The second kappa shape index (κ2) is 17.9. The summed E-state index contributed by atoms with van der Waals surface area (Å²) in [4.78, 5) is 23.5. The molecule has 13 heteroatoms. The highest BCUT2D eigenvalue weighted by Gasteiger charge is 2.42. The van der Waals surface area contributed by atoms with Gasteiger partial charge in [-0.25, -0.2) is 0 Å². The molecular formula is C47H54O11S2. The molecular weight excluding hydrogens is 805 g/mol. The zero-order chi connectivity index (χ0) is 44.4. The number of hydrogen-bond acceptors (Lipinski definition) is 7. The summed E-state index contributed by atoms with van der Waals surface area (Å²) in [7, 11) is -8.93. The van der Waals surface area contributed by atoms with Gasteiger partial charge in [-0.05, 0) is 114 Å². The van der Waals surface area contributed by atoms with Gasteiger partial charge in [-0.1, -0.05) is 108 Å². The van der Waals surface area contributed by atoms with Crippen molar-refractivity contribution in [2.75, 3.05) is 0 Å². The van der Waals surface area contributed by atoms with E-state index in [0.717, 1.165) is 47.1 Å². The topological polar surface area (TPSA) is 193 Å². The van der Waals surface area contributed by atoms with Gasteiger partial charge in [0.2, 0.25) is 0 Å². The Labute approximate surface area is 353 Å². The maximum absolute atomic E-state index is 12.8. The normalized spacial score (nSPS) is 19.5. The quantitative estimate of drug-likeness (QED) is 0.0792. The molecule has 0 fully saturated rings. The van der Waals surface area contributed by atoms with E-state index in [4.69, 9.17) is 4.74 Å². The fourth-order valence-corrected chi connectivity index (χ4v) is 9.25. The van der Waals surface area contributed by atoms with Gasteiger partial charge in [-0.3, -0.25) is 18.7 Å². The first kappa shape index (κ1) is 46.0. The minimum atomic E-state index is -4.47. The number of fused-ring (bicyclic) bond motifs is 1. The molecule has 0 bridgehead atoms. The smallest absolute Gasteiger partial charge is 0.307 e. The monoisotopic (exact) mass is 858 g/mol. The Morgan fingerprint density at radius 1 is 0.917 bits per heavy atom. The van der Waals surface area contributed by atoms with Gasteiger partial charge in [0.1, 0.15) is 11.5 Å². The number of hydrogen-bond donors (Lipinski definition) is 4. The van der Waals surface area contributed by atoms with E-state index in [2.05, 4.69) is 13.5 Å². The van der Waals surface area contributed by atoms with Crippen LogP contribution in [0.4, 0.5) is 0 Å². The van der Waals surface area contributed by atoms with Crippen LogP contribution in [0.5, 0.6) is 5.75 Å². The number of aliphatic carboxylic acids is 2. The molecule has 3 aromatic carbocycles. The van der Waals surface area contributed by atoms with E-state index in [1.807, 2.05) is 46.8 Å². The number of ether oxygens (including phenoxy) is 1. The number of aryl methyl sites for hydroxylation is 2. The largest absolute Gasteiger partial charge is 0.481 e. The van der Waals surface area contributed by atoms with E-state index in [9.17, 15) is 45.7 Å². The van der Waals surface area contributed by atoms with Crippen molar-refractivity contribution >= 4 is 32.2 Å². The summed E-state index contributed by atoms with van der Waals surface area (Å²) in [6, 6.07) is 16.1. The number of carboxylic acids is 2. The van der Waals surface area contributed by atoms with Gasteiger partial charge in [-0.15, -0.1) is 0 Å². The first-order valence-corrected chi connectivity index (χ1v) is 22.8. The fourth-order valence-electron chi connectivity index (χ4n) is 8.23. The molecule has 3 aromatic rings. The second-order valence-corrected chi connectivity index (χ2v) is 19.6. The highest BCUT2D eigenvalue weighted by Crippen LogP contribution is 2.53. The molecule has 4 N–H and O–H groups in total. The number of carbonyl (C=O) groups is 2. The van der Waals surface area contributed by atoms with Gasteiger partial charge in [0.05, 0.1) is 15.7 Å². The summed E-state index contributed by atoms with van der Waals surface area (Å²) in [6.07, 6.45) is 10.6. The Bertz CT molecular complexity index is 2540. The van der Waals surface area contributed by atoms with Gasteiger partial charge in [0, 0.05) is 23.2 Å². The number of benzene rings is 3. The molecule has 2 aliphatic carbocycles. The van der Waals surface area contributed by atoms with Crippen molar-refractivity contribution in [2.45, 2.75) is 113 Å². The van der Waals surface area contributed by atoms with Crippen molar-refractivity contribution in [3.05, 3.63) is 147 Å². The number of allylic oxidation sites excluding steroid dienone is 8. The molecule has 0 saturated heterocycles. The SMILES string of the molecule is C=C(/C=C/C1=C(Oc2ccc(CCC(=O)O)cc2)C(=C/C=C2/C(CCCC)c3ccc(S(=O)(=O)O)cc3C2(C)C)/CC(C(=O)O)C1)C(C)(C)c1cc(S(=O)(=O)O)ccc1C. The van der Waals surface area contributed by atoms with Gasteiger partial charge < -0.3 is 14.9 Å². The summed E-state index contributed by atoms with van der Waals surface area (Å²) < 4.78 is 74.7. The Morgan fingerprint density at radius 2 is 1.55 bits per heavy atom. The summed E-state index contributed by atoms with van der Waals surface area (Å²) in [5, 5.41) is 19.6. The Hall–Kier alpha value is -5.08. The van der Waals surface area contributed by atoms with E-state index in [0.29, 0.717) is 40.2 Å². The van der Waals surface area contributed by atoms with Crippen molar-refractivity contribution in [1.29, 1.82) is 0 Å². The fraction of sp³-hybridized carbons (Fsp3) is 0.362. The molecule has 5 rings (SSSR count). The average molecular weight is 859 g/mol. The van der Waals surface area contributed by atoms with Crippen LogP contribution in [-0.2, 0) is 47.1 Å². The third-order valence-corrected chi connectivity index (χ3v) is 13.6. The lowest BCUT2D eigenvalue weighted by Crippen LogP contribution is -2.23. The zero-order valence-electron chi connectivity index (χ0n) is 34.9. The molecule has 0 heterocycles. The van der Waals surface area contributed by atoms with Crippen molar-refractivity contribution < 1.29 is 50.5 Å². The third kappa shape index (κ3) is 10.3. The molecule has 2 aliphatic rings. The predicted molar refractivity (Wildman–Crippen MR) is 230 cm³/mol. The van der Waals surface area contributed by atoms with Crippen LogP contribution in [0.1, 0.15) is 107 Å². The summed E-state index contributed by atoms with van der Waals surface area (Å²) >= 11 is 0. The summed E-state index contributed by atoms with van der Waals surface area (Å²) in [5.41, 5.74) is 5.24. The molecule has 0 aliphatic heterocycles. The molecule has 0 radical (unpaired) electrons. The van der Waals surface area contributed by atoms with Crippen molar-refractivity contribution in [3.63, 3.8) is 0 Å². The van der Waals surface area contributed by atoms with Crippen LogP contribution < -0.4 is 4.74 Å². The molecule has 0 spiro atoms. The molecule has 2 unspecified atom stereocenters. The minimum absolute atomic E-state index is 0.0328. The maximum Gasteiger partial charge on any atom is 0.307 e. The molecule has 60 heavy (non-hydrogen) atoms. The molecule has 11 nitrogen and oxygen atoms in total. The zero-order valence-corrected chi connectivity index (χ0v) is 36.5. The standard InChI is InChI=1S/C47H54O11S2/c1-8-9-10-38-39-22-21-37(60(55,56)57)28-42(39)47(6,7)40(38)23-17-33-26-34(45(50)51)25-32(44(33)58-35-18-13-31(14-19-35)15-24-43(48)49)16-12-30(3)46(4,5)41-27-36(59(52,53)54)20-11-29(41)2/h11-14,16-23,27-28,34,38H,3,8-10,15,24-26H2,1-2,4-7H3,(H,48,49)(H,50,51)(H,52,53,54)(H,55,56,57)/b16-12+,33-17+,40-23-. The van der Waals surface area contributed by atoms with Crippen LogP contribution in [0.15, 0.2) is 129 Å². The van der Waals surface area contributed by atoms with Gasteiger partial charge in [0.25, 0.3) is 20.2 Å². The first-order chi connectivity index (χ1) is 27.9. The Morgan fingerprint density at radius 3 is 2.15 bits per heavy atom. The van der Waals surface area contributed by atoms with Crippen LogP contribution in [0.2, 0.25) is 0 Å². The minimum Gasteiger partial charge on any atom is -0.481 e. The van der Waals surface area contributed by atoms with Crippen LogP contribution >= 0.6 is 0 Å². The van der Waals surface area contributed by atoms with Gasteiger partial charge in [0.15, 0.2) is 0 Å².